The maximum absolute atomic E-state index is 11.6. The fourth-order valence-electron chi connectivity index (χ4n) is 1.51. The van der Waals surface area contributed by atoms with Crippen LogP contribution in [0.1, 0.15) is 28.1 Å². The van der Waals surface area contributed by atoms with Gasteiger partial charge in [0.05, 0.1) is 4.88 Å². The third-order valence-corrected chi connectivity index (χ3v) is 3.40. The van der Waals surface area contributed by atoms with Crippen molar-refractivity contribution in [2.45, 2.75) is 12.8 Å². The fourth-order valence-corrected chi connectivity index (χ4v) is 2.13. The minimum atomic E-state index is -0.165. The number of hydrogen-bond acceptors (Lipinski definition) is 3. The Bertz CT molecular complexity index is 520. The molecule has 1 aromatic carbocycles. The summed E-state index contributed by atoms with van der Waals surface area (Å²) in [6.45, 7) is 2.04. The molecule has 0 saturated heterocycles. The molecule has 1 heterocycles. The Kier molecular flexibility index (Phi) is 4.25. The highest BCUT2D eigenvalue weighted by molar-refractivity contribution is 7.12. The number of amides is 1. The average molecular weight is 258 g/mol. The van der Waals surface area contributed by atoms with E-state index in [1.54, 1.807) is 12.3 Å². The molecule has 0 aliphatic rings. The highest BCUT2D eigenvalue weighted by atomic mass is 32.1. The minimum Gasteiger partial charge on any atom is -0.266 e. The van der Waals surface area contributed by atoms with E-state index >= 15 is 0 Å². The summed E-state index contributed by atoms with van der Waals surface area (Å²) in [5, 5.41) is 5.85. The van der Waals surface area contributed by atoms with Gasteiger partial charge in [0.2, 0.25) is 0 Å². The Morgan fingerprint density at radius 2 is 2.06 bits per heavy atom. The van der Waals surface area contributed by atoms with E-state index in [2.05, 4.69) is 10.5 Å². The standard InChI is InChI=1S/C14H14N2OS/c1-11(12-6-3-2-4-7-12)10-15-16-14(17)13-8-5-9-18-13/h2-11H,1H3,(H,16,17)/b15-10+. The Morgan fingerprint density at radius 3 is 2.72 bits per heavy atom. The lowest BCUT2D eigenvalue weighted by molar-refractivity contribution is 0.0959. The van der Waals surface area contributed by atoms with E-state index in [0.29, 0.717) is 4.88 Å². The third-order valence-electron chi connectivity index (χ3n) is 2.53. The molecule has 0 bridgehead atoms. The number of nitrogens with one attached hydrogen (secondary N) is 1. The van der Waals surface area contributed by atoms with Gasteiger partial charge in [-0.3, -0.25) is 4.79 Å². The Balaban J connectivity index is 1.90. The normalized spacial score (nSPS) is 12.5. The molecule has 0 aliphatic carbocycles. The second kappa shape index (κ2) is 6.12. The van der Waals surface area contributed by atoms with Crippen LogP contribution in [0, 0.1) is 0 Å². The van der Waals surface area contributed by atoms with E-state index in [9.17, 15) is 4.79 Å². The van der Waals surface area contributed by atoms with Gasteiger partial charge in [0, 0.05) is 12.1 Å². The first-order valence-electron chi connectivity index (χ1n) is 5.69. The molecule has 0 fully saturated rings. The van der Waals surface area contributed by atoms with Crippen LogP contribution < -0.4 is 5.43 Å². The number of carbonyl (C=O) groups is 1. The Hall–Kier alpha value is -1.94. The first kappa shape index (κ1) is 12.5. The largest absolute Gasteiger partial charge is 0.281 e. The van der Waals surface area contributed by atoms with Gasteiger partial charge < -0.3 is 0 Å². The summed E-state index contributed by atoms with van der Waals surface area (Å²) in [7, 11) is 0. The molecule has 0 spiro atoms. The number of nitrogens with zero attached hydrogens (tertiary/aromatic N) is 1. The average Bonchev–Trinajstić information content (AvgIpc) is 2.93. The van der Waals surface area contributed by atoms with Crippen molar-refractivity contribution in [2.75, 3.05) is 0 Å². The van der Waals surface area contributed by atoms with Gasteiger partial charge in [0.15, 0.2) is 0 Å². The van der Waals surface area contributed by atoms with Crippen molar-refractivity contribution in [3.05, 3.63) is 58.3 Å². The van der Waals surface area contributed by atoms with Crippen LogP contribution >= 0.6 is 11.3 Å². The molecule has 2 aromatic rings. The van der Waals surface area contributed by atoms with Gasteiger partial charge in [-0.15, -0.1) is 11.3 Å². The van der Waals surface area contributed by atoms with Crippen molar-refractivity contribution in [2.24, 2.45) is 5.10 Å². The van der Waals surface area contributed by atoms with Gasteiger partial charge in [-0.25, -0.2) is 5.43 Å². The molecular weight excluding hydrogens is 244 g/mol. The highest BCUT2D eigenvalue weighted by Gasteiger charge is 2.05. The molecular formula is C14H14N2OS. The topological polar surface area (TPSA) is 41.5 Å². The number of thiophene rings is 1. The summed E-state index contributed by atoms with van der Waals surface area (Å²) in [5.41, 5.74) is 3.70. The summed E-state index contributed by atoms with van der Waals surface area (Å²) >= 11 is 1.40. The first-order chi connectivity index (χ1) is 8.77. The number of benzene rings is 1. The van der Waals surface area contributed by atoms with E-state index < -0.39 is 0 Å². The van der Waals surface area contributed by atoms with Crippen LogP contribution in [-0.4, -0.2) is 12.1 Å². The van der Waals surface area contributed by atoms with Crippen molar-refractivity contribution in [1.29, 1.82) is 0 Å². The van der Waals surface area contributed by atoms with Crippen LogP contribution in [0.4, 0.5) is 0 Å². The van der Waals surface area contributed by atoms with Crippen molar-refractivity contribution in [1.82, 2.24) is 5.43 Å². The molecule has 18 heavy (non-hydrogen) atoms. The van der Waals surface area contributed by atoms with Crippen LogP contribution in [0.5, 0.6) is 0 Å². The highest BCUT2D eigenvalue weighted by Crippen LogP contribution is 2.11. The van der Waals surface area contributed by atoms with E-state index in [1.165, 1.54) is 16.9 Å². The van der Waals surface area contributed by atoms with Crippen LogP contribution in [0.15, 0.2) is 52.9 Å². The smallest absolute Gasteiger partial charge is 0.266 e. The maximum atomic E-state index is 11.6. The molecule has 4 heteroatoms. The zero-order chi connectivity index (χ0) is 12.8. The fraction of sp³-hybridized carbons (Fsp3) is 0.143. The lowest BCUT2D eigenvalue weighted by atomic mass is 10.0. The van der Waals surface area contributed by atoms with Crippen LogP contribution in [0.2, 0.25) is 0 Å². The van der Waals surface area contributed by atoms with Crippen molar-refractivity contribution < 1.29 is 4.79 Å². The predicted molar refractivity (Wildman–Crippen MR) is 75.1 cm³/mol. The second-order valence-corrected chi connectivity index (χ2v) is 4.84. The molecule has 2 rings (SSSR count). The van der Waals surface area contributed by atoms with E-state index in [-0.39, 0.29) is 11.8 Å². The van der Waals surface area contributed by atoms with E-state index in [1.807, 2.05) is 48.7 Å². The predicted octanol–water partition coefficient (Wildman–Crippen LogP) is 3.27. The third kappa shape index (κ3) is 3.28. The van der Waals surface area contributed by atoms with Gasteiger partial charge >= 0.3 is 0 Å². The molecule has 1 N–H and O–H groups in total. The Labute approximate surface area is 110 Å². The Morgan fingerprint density at radius 1 is 1.28 bits per heavy atom. The van der Waals surface area contributed by atoms with Gasteiger partial charge in [-0.1, -0.05) is 43.3 Å². The number of hydrogen-bond donors (Lipinski definition) is 1. The second-order valence-electron chi connectivity index (χ2n) is 3.90. The molecule has 3 nitrogen and oxygen atoms in total. The van der Waals surface area contributed by atoms with Crippen LogP contribution in [-0.2, 0) is 0 Å². The van der Waals surface area contributed by atoms with E-state index in [0.717, 1.165) is 0 Å². The number of carbonyl (C=O) groups excluding carboxylic acids is 1. The summed E-state index contributed by atoms with van der Waals surface area (Å²) in [6.07, 6.45) is 1.74. The quantitative estimate of drug-likeness (QED) is 0.663. The van der Waals surface area contributed by atoms with Gasteiger partial charge in [0.1, 0.15) is 0 Å². The zero-order valence-corrected chi connectivity index (χ0v) is 10.9. The van der Waals surface area contributed by atoms with Gasteiger partial charge in [-0.05, 0) is 17.0 Å². The molecule has 1 unspecified atom stereocenters. The zero-order valence-electron chi connectivity index (χ0n) is 10.0. The van der Waals surface area contributed by atoms with Crippen LogP contribution in [0.3, 0.4) is 0 Å². The summed E-state index contributed by atoms with van der Waals surface area (Å²) in [4.78, 5) is 12.3. The van der Waals surface area contributed by atoms with Crippen molar-refractivity contribution in [3.8, 4) is 0 Å². The van der Waals surface area contributed by atoms with Crippen molar-refractivity contribution in [3.63, 3.8) is 0 Å². The lowest BCUT2D eigenvalue weighted by Gasteiger charge is -2.04. The SMILES string of the molecule is CC(/C=N/NC(=O)c1cccs1)c1ccccc1. The summed E-state index contributed by atoms with van der Waals surface area (Å²) in [6, 6.07) is 13.7. The van der Waals surface area contributed by atoms with E-state index in [4.69, 9.17) is 0 Å². The molecule has 0 aliphatic heterocycles. The maximum Gasteiger partial charge on any atom is 0.281 e. The monoisotopic (exact) mass is 258 g/mol. The molecule has 1 aromatic heterocycles. The molecule has 0 saturated carbocycles. The first-order valence-corrected chi connectivity index (χ1v) is 6.57. The summed E-state index contributed by atoms with van der Waals surface area (Å²) < 4.78 is 0. The lowest BCUT2D eigenvalue weighted by Crippen LogP contribution is -2.16. The number of rotatable bonds is 4. The number of hydrazone groups is 1. The molecule has 1 amide bonds. The molecule has 0 radical (unpaired) electrons. The summed E-state index contributed by atoms with van der Waals surface area (Å²) in [5.74, 6) is 0.0105. The molecule has 92 valence electrons. The van der Waals surface area contributed by atoms with Gasteiger partial charge in [-0.2, -0.15) is 5.10 Å². The van der Waals surface area contributed by atoms with Gasteiger partial charge in [0.25, 0.3) is 5.91 Å². The van der Waals surface area contributed by atoms with Crippen LogP contribution in [0.25, 0.3) is 0 Å². The molecule has 1 atom stereocenters. The van der Waals surface area contributed by atoms with Crippen molar-refractivity contribution >= 4 is 23.5 Å². The minimum absolute atomic E-state index is 0.165.